The monoisotopic (exact) mass is 264 g/mol. The molecule has 0 radical (unpaired) electrons. The van der Waals surface area contributed by atoms with E-state index in [-0.39, 0.29) is 0 Å². The van der Waals surface area contributed by atoms with E-state index < -0.39 is 0 Å². The van der Waals surface area contributed by atoms with Crippen molar-refractivity contribution in [2.24, 2.45) is 0 Å². The van der Waals surface area contributed by atoms with E-state index in [0.29, 0.717) is 6.04 Å². The lowest BCUT2D eigenvalue weighted by atomic mass is 10.2. The van der Waals surface area contributed by atoms with E-state index >= 15 is 0 Å². The number of hydrogen-bond acceptors (Lipinski definition) is 4. The lowest BCUT2D eigenvalue weighted by molar-refractivity contribution is 0.311. The van der Waals surface area contributed by atoms with Crippen LogP contribution in [-0.2, 0) is 6.54 Å². The van der Waals surface area contributed by atoms with Gasteiger partial charge in [-0.1, -0.05) is 13.0 Å². The molecule has 4 nitrogen and oxygen atoms in total. The third-order valence-corrected chi connectivity index (χ3v) is 3.65. The SMILES string of the molecule is CCNC1CCN(Cc2ccc(OC)cc2OC)C1. The van der Waals surface area contributed by atoms with Crippen LogP contribution in [-0.4, -0.2) is 44.8 Å². The standard InChI is InChI=1S/C15H24N2O2/c1-4-16-13-7-8-17(11-13)10-12-5-6-14(18-2)9-15(12)19-3/h5-6,9,13,16H,4,7-8,10-11H2,1-3H3. The maximum Gasteiger partial charge on any atom is 0.127 e. The van der Waals surface area contributed by atoms with Crippen molar-refractivity contribution in [3.05, 3.63) is 23.8 Å². The summed E-state index contributed by atoms with van der Waals surface area (Å²) in [6.45, 7) is 6.41. The van der Waals surface area contributed by atoms with Crippen molar-refractivity contribution in [1.82, 2.24) is 10.2 Å². The third kappa shape index (κ3) is 3.61. The molecule has 0 saturated carbocycles. The minimum atomic E-state index is 0.634. The molecule has 1 saturated heterocycles. The van der Waals surface area contributed by atoms with Crippen LogP contribution in [0, 0.1) is 0 Å². The number of hydrogen-bond donors (Lipinski definition) is 1. The van der Waals surface area contributed by atoms with Gasteiger partial charge in [0, 0.05) is 37.3 Å². The number of benzene rings is 1. The number of rotatable bonds is 6. The van der Waals surface area contributed by atoms with Gasteiger partial charge in [0.25, 0.3) is 0 Å². The van der Waals surface area contributed by atoms with E-state index in [2.05, 4.69) is 23.2 Å². The molecule has 0 spiro atoms. The van der Waals surface area contributed by atoms with Gasteiger partial charge in [-0.2, -0.15) is 0 Å². The second-order valence-corrected chi connectivity index (χ2v) is 4.96. The molecular weight excluding hydrogens is 240 g/mol. The minimum Gasteiger partial charge on any atom is -0.497 e. The summed E-state index contributed by atoms with van der Waals surface area (Å²) in [7, 11) is 3.39. The first-order valence-electron chi connectivity index (χ1n) is 6.93. The lowest BCUT2D eigenvalue weighted by Gasteiger charge is -2.18. The average molecular weight is 264 g/mol. The molecule has 1 N–H and O–H groups in total. The van der Waals surface area contributed by atoms with Crippen molar-refractivity contribution in [2.75, 3.05) is 33.9 Å². The average Bonchev–Trinajstić information content (AvgIpc) is 2.87. The minimum absolute atomic E-state index is 0.634. The van der Waals surface area contributed by atoms with Crippen molar-refractivity contribution in [2.45, 2.75) is 25.9 Å². The Hall–Kier alpha value is -1.26. The maximum absolute atomic E-state index is 5.45. The zero-order valence-electron chi connectivity index (χ0n) is 12.1. The van der Waals surface area contributed by atoms with Crippen molar-refractivity contribution < 1.29 is 9.47 Å². The number of nitrogens with one attached hydrogen (secondary N) is 1. The number of likely N-dealkylation sites (N-methyl/N-ethyl adjacent to an activating group) is 1. The molecule has 1 fully saturated rings. The van der Waals surface area contributed by atoms with Gasteiger partial charge in [0.05, 0.1) is 14.2 Å². The predicted octanol–water partition coefficient (Wildman–Crippen LogP) is 1.89. The highest BCUT2D eigenvalue weighted by Gasteiger charge is 2.22. The summed E-state index contributed by atoms with van der Waals surface area (Å²) in [4.78, 5) is 2.47. The summed E-state index contributed by atoms with van der Waals surface area (Å²) in [5.41, 5.74) is 1.22. The van der Waals surface area contributed by atoms with Crippen molar-refractivity contribution in [3.63, 3.8) is 0 Å². The third-order valence-electron chi connectivity index (χ3n) is 3.65. The topological polar surface area (TPSA) is 33.7 Å². The van der Waals surface area contributed by atoms with Crippen molar-refractivity contribution >= 4 is 0 Å². The highest BCUT2D eigenvalue weighted by atomic mass is 16.5. The smallest absolute Gasteiger partial charge is 0.127 e. The maximum atomic E-state index is 5.45. The second-order valence-electron chi connectivity index (χ2n) is 4.96. The van der Waals surface area contributed by atoms with Gasteiger partial charge >= 0.3 is 0 Å². The van der Waals surface area contributed by atoms with Crippen LogP contribution in [0.3, 0.4) is 0 Å². The van der Waals surface area contributed by atoms with Crippen LogP contribution in [0.25, 0.3) is 0 Å². The molecule has 1 aliphatic rings. The molecule has 1 aromatic rings. The van der Waals surface area contributed by atoms with Crippen molar-refractivity contribution in [3.8, 4) is 11.5 Å². The van der Waals surface area contributed by atoms with Crippen LogP contribution >= 0.6 is 0 Å². The molecule has 106 valence electrons. The molecule has 0 amide bonds. The first-order valence-corrected chi connectivity index (χ1v) is 6.93. The quantitative estimate of drug-likeness (QED) is 0.850. The van der Waals surface area contributed by atoms with E-state index in [9.17, 15) is 0 Å². The molecule has 2 rings (SSSR count). The van der Waals surface area contributed by atoms with Gasteiger partial charge in [0.15, 0.2) is 0 Å². The molecule has 19 heavy (non-hydrogen) atoms. The van der Waals surface area contributed by atoms with Gasteiger partial charge in [-0.3, -0.25) is 4.90 Å². The number of likely N-dealkylation sites (tertiary alicyclic amines) is 1. The zero-order chi connectivity index (χ0) is 13.7. The number of ether oxygens (including phenoxy) is 2. The van der Waals surface area contributed by atoms with E-state index in [1.54, 1.807) is 14.2 Å². The van der Waals surface area contributed by atoms with E-state index in [0.717, 1.165) is 37.7 Å². The molecular formula is C15H24N2O2. The number of methoxy groups -OCH3 is 2. The van der Waals surface area contributed by atoms with E-state index in [1.807, 2.05) is 12.1 Å². The van der Waals surface area contributed by atoms with Gasteiger partial charge in [-0.25, -0.2) is 0 Å². The fourth-order valence-corrected chi connectivity index (χ4v) is 2.65. The molecule has 1 aromatic carbocycles. The molecule has 1 aliphatic heterocycles. The van der Waals surface area contributed by atoms with Crippen LogP contribution in [0.1, 0.15) is 18.9 Å². The largest absolute Gasteiger partial charge is 0.497 e. The summed E-state index contributed by atoms with van der Waals surface area (Å²) in [5, 5.41) is 3.51. The van der Waals surface area contributed by atoms with Gasteiger partial charge in [0.2, 0.25) is 0 Å². The molecule has 0 bridgehead atoms. The van der Waals surface area contributed by atoms with Crippen molar-refractivity contribution in [1.29, 1.82) is 0 Å². The summed E-state index contributed by atoms with van der Waals surface area (Å²) in [6, 6.07) is 6.68. The molecule has 1 atom stereocenters. The second kappa shape index (κ2) is 6.78. The Balaban J connectivity index is 1.99. The van der Waals surface area contributed by atoms with E-state index in [1.165, 1.54) is 12.0 Å². The number of nitrogens with zero attached hydrogens (tertiary/aromatic N) is 1. The Kier molecular flexibility index (Phi) is 5.05. The molecule has 1 unspecified atom stereocenters. The predicted molar refractivity (Wildman–Crippen MR) is 76.9 cm³/mol. The Morgan fingerprint density at radius 3 is 2.84 bits per heavy atom. The summed E-state index contributed by atoms with van der Waals surface area (Å²) in [6.07, 6.45) is 1.23. The zero-order valence-corrected chi connectivity index (χ0v) is 12.1. The molecule has 0 aromatic heterocycles. The highest BCUT2D eigenvalue weighted by Crippen LogP contribution is 2.26. The molecule has 1 heterocycles. The Morgan fingerprint density at radius 1 is 1.32 bits per heavy atom. The molecule has 0 aliphatic carbocycles. The fourth-order valence-electron chi connectivity index (χ4n) is 2.65. The van der Waals surface area contributed by atoms with E-state index in [4.69, 9.17) is 9.47 Å². The Morgan fingerprint density at radius 2 is 2.16 bits per heavy atom. The van der Waals surface area contributed by atoms with Crippen LogP contribution in [0.15, 0.2) is 18.2 Å². The highest BCUT2D eigenvalue weighted by molar-refractivity contribution is 5.40. The molecule has 4 heteroatoms. The first kappa shape index (κ1) is 14.2. The summed E-state index contributed by atoms with van der Waals surface area (Å²) >= 11 is 0. The lowest BCUT2D eigenvalue weighted by Crippen LogP contribution is -2.32. The van der Waals surface area contributed by atoms with Gasteiger partial charge in [-0.05, 0) is 19.0 Å². The first-order chi connectivity index (χ1) is 9.26. The van der Waals surface area contributed by atoms with Gasteiger partial charge in [0.1, 0.15) is 11.5 Å². The van der Waals surface area contributed by atoms with Crippen LogP contribution in [0.2, 0.25) is 0 Å². The van der Waals surface area contributed by atoms with Gasteiger partial charge < -0.3 is 14.8 Å². The summed E-state index contributed by atoms with van der Waals surface area (Å²) in [5.74, 6) is 1.75. The Bertz CT molecular complexity index is 409. The van der Waals surface area contributed by atoms with Crippen LogP contribution in [0.5, 0.6) is 11.5 Å². The summed E-state index contributed by atoms with van der Waals surface area (Å²) < 4.78 is 10.7. The van der Waals surface area contributed by atoms with Crippen LogP contribution in [0.4, 0.5) is 0 Å². The van der Waals surface area contributed by atoms with Crippen LogP contribution < -0.4 is 14.8 Å². The normalized spacial score (nSPS) is 19.6. The fraction of sp³-hybridized carbons (Fsp3) is 0.600. The Labute approximate surface area is 115 Å². The van der Waals surface area contributed by atoms with Gasteiger partial charge in [-0.15, -0.1) is 0 Å².